The highest BCUT2D eigenvalue weighted by Gasteiger charge is 2.22. The molecular weight excluding hydrogens is 354 g/mol. The maximum atomic E-state index is 12.2. The number of alkyl carbamates (subject to hydrolysis) is 1. The number of thioether (sulfide) groups is 1. The number of carbonyl (C=O) groups excluding carboxylic acids is 2. The molecule has 0 fully saturated rings. The molecule has 1 N–H and O–H groups in total. The van der Waals surface area contributed by atoms with E-state index in [-0.39, 0.29) is 12.6 Å². The Bertz CT molecular complexity index is 355. The normalized spacial score (nSPS) is 11.8. The lowest BCUT2D eigenvalue weighted by Crippen LogP contribution is -2.42. The Balaban J connectivity index is 3.94. The van der Waals surface area contributed by atoms with E-state index >= 15 is 0 Å². The number of hydrogen-bond acceptors (Lipinski definition) is 6. The standard InChI is InChI=1S/C19H37NO5S/c1-4-5-6-7-8-9-10-11-13-24-18(21)17(12-16-26-3)20-19(22)25-15-14-23-2/h17H,4-16H2,1-3H3,(H,20,22). The van der Waals surface area contributed by atoms with Crippen LogP contribution in [0.1, 0.15) is 64.7 Å². The largest absolute Gasteiger partial charge is 0.464 e. The fourth-order valence-corrected chi connectivity index (χ4v) is 2.87. The quantitative estimate of drug-likeness (QED) is 0.296. The molecule has 0 heterocycles. The molecule has 0 bridgehead atoms. The Morgan fingerprint density at radius 2 is 1.58 bits per heavy atom. The van der Waals surface area contributed by atoms with Gasteiger partial charge in [-0.05, 0) is 24.9 Å². The van der Waals surface area contributed by atoms with Crippen LogP contribution < -0.4 is 5.32 Å². The number of carbonyl (C=O) groups is 2. The lowest BCUT2D eigenvalue weighted by atomic mass is 10.1. The van der Waals surface area contributed by atoms with Crippen LogP contribution in [0.25, 0.3) is 0 Å². The monoisotopic (exact) mass is 391 g/mol. The second-order valence-electron chi connectivity index (χ2n) is 6.25. The van der Waals surface area contributed by atoms with Gasteiger partial charge in [0.2, 0.25) is 0 Å². The molecular formula is C19H37NO5S. The molecule has 1 atom stereocenters. The van der Waals surface area contributed by atoms with Crippen molar-refractivity contribution in [1.82, 2.24) is 5.32 Å². The van der Waals surface area contributed by atoms with Crippen LogP contribution in [-0.2, 0) is 19.0 Å². The molecule has 154 valence electrons. The van der Waals surface area contributed by atoms with E-state index in [9.17, 15) is 9.59 Å². The molecule has 0 aliphatic heterocycles. The highest BCUT2D eigenvalue weighted by Crippen LogP contribution is 2.09. The zero-order chi connectivity index (χ0) is 19.5. The van der Waals surface area contributed by atoms with Crippen LogP contribution >= 0.6 is 11.8 Å². The summed E-state index contributed by atoms with van der Waals surface area (Å²) in [6.45, 7) is 3.11. The van der Waals surface area contributed by atoms with Crippen LogP contribution in [0.4, 0.5) is 4.79 Å². The van der Waals surface area contributed by atoms with Gasteiger partial charge in [-0.1, -0.05) is 51.9 Å². The van der Waals surface area contributed by atoms with Gasteiger partial charge in [0.1, 0.15) is 12.6 Å². The van der Waals surface area contributed by atoms with E-state index in [0.29, 0.717) is 19.6 Å². The Morgan fingerprint density at radius 1 is 0.923 bits per heavy atom. The third-order valence-electron chi connectivity index (χ3n) is 3.95. The minimum absolute atomic E-state index is 0.158. The second-order valence-corrected chi connectivity index (χ2v) is 7.24. The van der Waals surface area contributed by atoms with Crippen LogP contribution in [0.15, 0.2) is 0 Å². The lowest BCUT2D eigenvalue weighted by Gasteiger charge is -2.17. The van der Waals surface area contributed by atoms with Gasteiger partial charge in [-0.25, -0.2) is 9.59 Å². The number of esters is 1. The molecule has 26 heavy (non-hydrogen) atoms. The number of nitrogens with one attached hydrogen (secondary N) is 1. The van der Waals surface area contributed by atoms with Crippen LogP contribution in [-0.4, -0.2) is 57.0 Å². The Labute approximate surface area is 163 Å². The smallest absolute Gasteiger partial charge is 0.407 e. The first-order valence-electron chi connectivity index (χ1n) is 9.73. The van der Waals surface area contributed by atoms with E-state index < -0.39 is 12.1 Å². The van der Waals surface area contributed by atoms with Gasteiger partial charge in [0.05, 0.1) is 13.2 Å². The van der Waals surface area contributed by atoms with E-state index in [1.807, 2.05) is 6.26 Å². The molecule has 6 nitrogen and oxygen atoms in total. The molecule has 0 aromatic rings. The van der Waals surface area contributed by atoms with E-state index in [2.05, 4.69) is 12.2 Å². The number of methoxy groups -OCH3 is 1. The van der Waals surface area contributed by atoms with Gasteiger partial charge in [-0.3, -0.25) is 0 Å². The highest BCUT2D eigenvalue weighted by atomic mass is 32.2. The van der Waals surface area contributed by atoms with E-state index in [4.69, 9.17) is 14.2 Å². The van der Waals surface area contributed by atoms with Gasteiger partial charge in [0.15, 0.2) is 0 Å². The van der Waals surface area contributed by atoms with Crippen molar-refractivity contribution in [2.45, 2.75) is 70.8 Å². The molecule has 1 unspecified atom stereocenters. The van der Waals surface area contributed by atoms with Crippen molar-refractivity contribution < 1.29 is 23.8 Å². The predicted molar refractivity (Wildman–Crippen MR) is 107 cm³/mol. The first-order valence-corrected chi connectivity index (χ1v) is 11.1. The number of rotatable bonds is 17. The van der Waals surface area contributed by atoms with E-state index in [1.165, 1.54) is 45.6 Å². The second kappa shape index (κ2) is 18.8. The third kappa shape index (κ3) is 15.3. The number of unbranched alkanes of at least 4 members (excludes halogenated alkanes) is 7. The molecule has 0 saturated heterocycles. The van der Waals surface area contributed by atoms with Gasteiger partial charge < -0.3 is 19.5 Å². The average molecular weight is 392 g/mol. The summed E-state index contributed by atoms with van der Waals surface area (Å²) >= 11 is 1.62. The molecule has 7 heteroatoms. The van der Waals surface area contributed by atoms with Crippen molar-refractivity contribution in [2.24, 2.45) is 0 Å². The molecule has 0 aromatic heterocycles. The lowest BCUT2D eigenvalue weighted by molar-refractivity contribution is -0.146. The Hall–Kier alpha value is -0.950. The first-order chi connectivity index (χ1) is 12.7. The number of amides is 1. The minimum atomic E-state index is -0.661. The maximum Gasteiger partial charge on any atom is 0.407 e. The SMILES string of the molecule is CCCCCCCCCCOC(=O)C(CCSC)NC(=O)OCCOC. The number of hydrogen-bond donors (Lipinski definition) is 1. The van der Waals surface area contributed by atoms with Gasteiger partial charge in [-0.15, -0.1) is 0 Å². The summed E-state index contributed by atoms with van der Waals surface area (Å²) in [5, 5.41) is 2.59. The van der Waals surface area contributed by atoms with E-state index in [0.717, 1.165) is 18.6 Å². The summed E-state index contributed by atoms with van der Waals surface area (Å²) in [6.07, 6.45) is 11.4. The topological polar surface area (TPSA) is 73.9 Å². The van der Waals surface area contributed by atoms with Crippen molar-refractivity contribution in [3.05, 3.63) is 0 Å². The highest BCUT2D eigenvalue weighted by molar-refractivity contribution is 7.98. The first kappa shape index (κ1) is 25.1. The van der Waals surface area contributed by atoms with Crippen LogP contribution in [0.3, 0.4) is 0 Å². The molecule has 0 rings (SSSR count). The summed E-state index contributed by atoms with van der Waals surface area (Å²) in [4.78, 5) is 23.9. The van der Waals surface area contributed by atoms with Crippen molar-refractivity contribution in [1.29, 1.82) is 0 Å². The molecule has 0 aromatic carbocycles. The Morgan fingerprint density at radius 3 is 2.19 bits per heavy atom. The number of ether oxygens (including phenoxy) is 3. The van der Waals surface area contributed by atoms with Crippen molar-refractivity contribution in [2.75, 3.05) is 38.9 Å². The molecule has 0 radical (unpaired) electrons. The molecule has 0 saturated carbocycles. The van der Waals surface area contributed by atoms with Gasteiger partial charge >= 0.3 is 12.1 Å². The van der Waals surface area contributed by atoms with Crippen LogP contribution in [0.2, 0.25) is 0 Å². The average Bonchev–Trinajstić information content (AvgIpc) is 2.63. The molecule has 0 spiro atoms. The molecule has 1 amide bonds. The maximum absolute atomic E-state index is 12.2. The van der Waals surface area contributed by atoms with Gasteiger partial charge in [-0.2, -0.15) is 11.8 Å². The predicted octanol–water partition coefficient (Wildman–Crippen LogP) is 4.16. The third-order valence-corrected chi connectivity index (χ3v) is 4.59. The Kier molecular flexibility index (Phi) is 18.1. The fraction of sp³-hybridized carbons (Fsp3) is 0.895. The fourth-order valence-electron chi connectivity index (χ4n) is 2.40. The van der Waals surface area contributed by atoms with Crippen molar-refractivity contribution in [3.63, 3.8) is 0 Å². The van der Waals surface area contributed by atoms with Gasteiger partial charge in [0.25, 0.3) is 0 Å². The van der Waals surface area contributed by atoms with Crippen molar-refractivity contribution in [3.8, 4) is 0 Å². The summed E-state index contributed by atoms with van der Waals surface area (Å²) in [7, 11) is 1.53. The van der Waals surface area contributed by atoms with E-state index in [1.54, 1.807) is 11.8 Å². The molecule has 0 aliphatic carbocycles. The summed E-state index contributed by atoms with van der Waals surface area (Å²) in [6, 6.07) is -0.661. The zero-order valence-corrected chi connectivity index (χ0v) is 17.5. The summed E-state index contributed by atoms with van der Waals surface area (Å²) < 4.78 is 15.1. The van der Waals surface area contributed by atoms with Gasteiger partial charge in [0, 0.05) is 7.11 Å². The van der Waals surface area contributed by atoms with Crippen molar-refractivity contribution >= 4 is 23.8 Å². The summed E-state index contributed by atoms with van der Waals surface area (Å²) in [5.41, 5.74) is 0. The van der Waals surface area contributed by atoms with Crippen LogP contribution in [0.5, 0.6) is 0 Å². The summed E-state index contributed by atoms with van der Waals surface area (Å²) in [5.74, 6) is 0.376. The molecule has 0 aliphatic rings. The minimum Gasteiger partial charge on any atom is -0.464 e. The zero-order valence-electron chi connectivity index (χ0n) is 16.7. The van der Waals surface area contributed by atoms with Crippen LogP contribution in [0, 0.1) is 0 Å².